The molecule has 0 aromatic rings. The summed E-state index contributed by atoms with van der Waals surface area (Å²) in [6, 6.07) is 0. The molecule has 0 amide bonds. The molecule has 1 nitrogen and oxygen atoms in total. The molecule has 11 heavy (non-hydrogen) atoms. The number of hydrogen-bond donors (Lipinski definition) is 0. The Balaban J connectivity index is 0. The van der Waals surface area contributed by atoms with Crippen LogP contribution in [-0.2, 0) is 0 Å². The average molecular weight is 153 g/mol. The molecule has 0 saturated carbocycles. The van der Waals surface area contributed by atoms with Crippen molar-refractivity contribution >= 4 is 6.72 Å². The first-order valence-corrected chi connectivity index (χ1v) is 3.88. The van der Waals surface area contributed by atoms with Gasteiger partial charge in [-0.1, -0.05) is 32.9 Å². The third-order valence-corrected chi connectivity index (χ3v) is 0.495. The number of allylic oxidation sites excluding steroid dienone is 3. The molecule has 0 aromatic carbocycles. The van der Waals surface area contributed by atoms with Gasteiger partial charge in [0.2, 0.25) is 0 Å². The molecule has 0 N–H and O–H groups in total. The molecule has 0 aliphatic rings. The van der Waals surface area contributed by atoms with Gasteiger partial charge in [-0.25, -0.2) is 0 Å². The standard InChI is InChI=1S/C6H9N.C4H10/c1-3-4-5-6-7-2;1-4(2)3/h3-6H,2H2,1H3;4H,1-3H3/b4-3-,6-5-;. The molecule has 1 heteroatoms. The van der Waals surface area contributed by atoms with Crippen LogP contribution in [0.2, 0.25) is 0 Å². The van der Waals surface area contributed by atoms with Crippen molar-refractivity contribution in [1.82, 2.24) is 0 Å². The van der Waals surface area contributed by atoms with E-state index in [9.17, 15) is 0 Å². The van der Waals surface area contributed by atoms with E-state index in [-0.39, 0.29) is 0 Å². The molecule has 0 radical (unpaired) electrons. The highest BCUT2D eigenvalue weighted by molar-refractivity contribution is 5.26. The van der Waals surface area contributed by atoms with Crippen molar-refractivity contribution in [2.75, 3.05) is 0 Å². The lowest BCUT2D eigenvalue weighted by Gasteiger charge is -1.79. The summed E-state index contributed by atoms with van der Waals surface area (Å²) in [6.07, 6.45) is 7.30. The third-order valence-electron chi connectivity index (χ3n) is 0.495. The van der Waals surface area contributed by atoms with E-state index in [0.29, 0.717) is 0 Å². The van der Waals surface area contributed by atoms with Crippen molar-refractivity contribution in [3.05, 3.63) is 24.4 Å². The number of rotatable bonds is 2. The van der Waals surface area contributed by atoms with E-state index < -0.39 is 0 Å². The Kier molecular flexibility index (Phi) is 13.8. The van der Waals surface area contributed by atoms with Crippen LogP contribution in [0.4, 0.5) is 0 Å². The van der Waals surface area contributed by atoms with Gasteiger partial charge in [-0.3, -0.25) is 4.99 Å². The lowest BCUT2D eigenvalue weighted by molar-refractivity contribution is 0.737. The maximum absolute atomic E-state index is 3.49. The van der Waals surface area contributed by atoms with E-state index in [0.717, 1.165) is 5.92 Å². The minimum absolute atomic E-state index is 0.833. The fourth-order valence-electron chi connectivity index (χ4n) is 0.222. The predicted octanol–water partition coefficient (Wildman–Crippen LogP) is 3.44. The molecule has 0 fully saturated rings. The third kappa shape index (κ3) is 47.1. The largest absolute Gasteiger partial charge is 0.273 e. The van der Waals surface area contributed by atoms with Gasteiger partial charge in [0.1, 0.15) is 0 Å². The molecule has 0 atom stereocenters. The van der Waals surface area contributed by atoms with E-state index >= 15 is 0 Å². The van der Waals surface area contributed by atoms with Crippen LogP contribution in [0.5, 0.6) is 0 Å². The second-order valence-electron chi connectivity index (χ2n) is 2.78. The summed E-state index contributed by atoms with van der Waals surface area (Å²) in [5, 5.41) is 0. The molecule has 0 aliphatic carbocycles. The Bertz CT molecular complexity index is 118. The van der Waals surface area contributed by atoms with E-state index in [2.05, 4.69) is 32.5 Å². The van der Waals surface area contributed by atoms with Crippen molar-refractivity contribution in [3.63, 3.8) is 0 Å². The van der Waals surface area contributed by atoms with Gasteiger partial charge < -0.3 is 0 Å². The summed E-state index contributed by atoms with van der Waals surface area (Å²) in [5.74, 6) is 0.833. The zero-order valence-electron chi connectivity index (χ0n) is 8.04. The lowest BCUT2D eigenvalue weighted by atomic mass is 10.3. The lowest BCUT2D eigenvalue weighted by Crippen LogP contribution is -1.66. The maximum atomic E-state index is 3.49. The van der Waals surface area contributed by atoms with Gasteiger partial charge in [-0.05, 0) is 25.6 Å². The molecule has 0 aliphatic heterocycles. The van der Waals surface area contributed by atoms with Gasteiger partial charge in [0.15, 0.2) is 0 Å². The Labute approximate surface area is 70.5 Å². The van der Waals surface area contributed by atoms with Crippen molar-refractivity contribution in [2.45, 2.75) is 27.7 Å². The van der Waals surface area contributed by atoms with Gasteiger partial charge in [-0.2, -0.15) is 0 Å². The fourth-order valence-corrected chi connectivity index (χ4v) is 0.222. The second-order valence-corrected chi connectivity index (χ2v) is 2.78. The van der Waals surface area contributed by atoms with Gasteiger partial charge in [0, 0.05) is 6.20 Å². The topological polar surface area (TPSA) is 12.4 Å². The summed E-state index contributed by atoms with van der Waals surface area (Å²) >= 11 is 0. The van der Waals surface area contributed by atoms with Crippen LogP contribution in [0.3, 0.4) is 0 Å². The van der Waals surface area contributed by atoms with E-state index in [1.54, 1.807) is 6.20 Å². The smallest absolute Gasteiger partial charge is 0.0260 e. The zero-order chi connectivity index (χ0) is 9.11. The number of nitrogens with zero attached hydrogens (tertiary/aromatic N) is 1. The first-order valence-electron chi connectivity index (χ1n) is 3.88. The van der Waals surface area contributed by atoms with Crippen molar-refractivity contribution in [2.24, 2.45) is 10.9 Å². The monoisotopic (exact) mass is 153 g/mol. The molecule has 0 unspecified atom stereocenters. The molecule has 0 bridgehead atoms. The summed E-state index contributed by atoms with van der Waals surface area (Å²) in [7, 11) is 0. The van der Waals surface area contributed by atoms with Gasteiger partial charge in [-0.15, -0.1) is 0 Å². The molecular formula is C10H19N. The van der Waals surface area contributed by atoms with Gasteiger partial charge in [0.25, 0.3) is 0 Å². The van der Waals surface area contributed by atoms with Crippen molar-refractivity contribution in [3.8, 4) is 0 Å². The molecule has 64 valence electrons. The summed E-state index contributed by atoms with van der Waals surface area (Å²) in [5.41, 5.74) is 0. The predicted molar refractivity (Wildman–Crippen MR) is 54.0 cm³/mol. The SMILES string of the molecule is C=N/C=C\C=C/C.CC(C)C. The Morgan fingerprint density at radius 1 is 1.18 bits per heavy atom. The Morgan fingerprint density at radius 2 is 1.64 bits per heavy atom. The molecular weight excluding hydrogens is 134 g/mol. The molecule has 0 spiro atoms. The molecule has 0 aromatic heterocycles. The Morgan fingerprint density at radius 3 is 1.91 bits per heavy atom. The summed E-state index contributed by atoms with van der Waals surface area (Å²) in [6.45, 7) is 11.7. The normalized spacial score (nSPS) is 10.3. The Hall–Kier alpha value is -0.850. The highest BCUT2D eigenvalue weighted by Crippen LogP contribution is 1.81. The van der Waals surface area contributed by atoms with Crippen LogP contribution < -0.4 is 0 Å². The highest BCUT2D eigenvalue weighted by Gasteiger charge is 1.68. The van der Waals surface area contributed by atoms with Crippen LogP contribution in [0.15, 0.2) is 29.4 Å². The fraction of sp³-hybridized carbons (Fsp3) is 0.500. The summed E-state index contributed by atoms with van der Waals surface area (Å²) < 4.78 is 0. The van der Waals surface area contributed by atoms with E-state index in [1.165, 1.54) is 0 Å². The van der Waals surface area contributed by atoms with Gasteiger partial charge in [0.05, 0.1) is 0 Å². The number of hydrogen-bond acceptors (Lipinski definition) is 1. The molecule has 0 rings (SSSR count). The minimum Gasteiger partial charge on any atom is -0.273 e. The maximum Gasteiger partial charge on any atom is 0.0260 e. The van der Waals surface area contributed by atoms with E-state index in [1.807, 2.05) is 25.2 Å². The van der Waals surface area contributed by atoms with Crippen molar-refractivity contribution < 1.29 is 0 Å². The summed E-state index contributed by atoms with van der Waals surface area (Å²) in [4.78, 5) is 3.49. The number of aliphatic imine (C=N–C) groups is 1. The molecule has 0 heterocycles. The minimum atomic E-state index is 0.833. The second kappa shape index (κ2) is 11.9. The van der Waals surface area contributed by atoms with Crippen molar-refractivity contribution in [1.29, 1.82) is 0 Å². The van der Waals surface area contributed by atoms with E-state index in [4.69, 9.17) is 0 Å². The first kappa shape index (κ1) is 12.8. The van der Waals surface area contributed by atoms with Crippen LogP contribution in [0.1, 0.15) is 27.7 Å². The zero-order valence-corrected chi connectivity index (χ0v) is 8.04. The highest BCUT2D eigenvalue weighted by atomic mass is 14.6. The molecule has 0 saturated heterocycles. The average Bonchev–Trinajstić information content (AvgIpc) is 1.88. The van der Waals surface area contributed by atoms with Crippen LogP contribution in [-0.4, -0.2) is 6.72 Å². The van der Waals surface area contributed by atoms with Crippen LogP contribution in [0.25, 0.3) is 0 Å². The van der Waals surface area contributed by atoms with Crippen LogP contribution in [0, 0.1) is 5.92 Å². The van der Waals surface area contributed by atoms with Gasteiger partial charge >= 0.3 is 0 Å². The quantitative estimate of drug-likeness (QED) is 0.425. The van der Waals surface area contributed by atoms with Crippen LogP contribution >= 0.6 is 0 Å². The first-order chi connectivity index (χ1) is 5.15.